The van der Waals surface area contributed by atoms with Gasteiger partial charge in [0.2, 0.25) is 0 Å². The first-order valence-corrected chi connectivity index (χ1v) is 7.86. The van der Waals surface area contributed by atoms with Gasteiger partial charge < -0.3 is 0 Å². The van der Waals surface area contributed by atoms with Gasteiger partial charge in [0, 0.05) is 12.3 Å². The van der Waals surface area contributed by atoms with Crippen molar-refractivity contribution in [3.8, 4) is 0 Å². The van der Waals surface area contributed by atoms with Crippen LogP contribution in [0.5, 0.6) is 0 Å². The van der Waals surface area contributed by atoms with Gasteiger partial charge in [-0.3, -0.25) is 4.79 Å². The smallest absolute Gasteiger partial charge is 0.142 e. The molecule has 1 aromatic rings. The molecule has 0 aliphatic heterocycles. The zero-order chi connectivity index (χ0) is 14.0. The maximum Gasteiger partial charge on any atom is 0.142 e. The quantitative estimate of drug-likeness (QED) is 0.691. The summed E-state index contributed by atoms with van der Waals surface area (Å²) in [6.45, 7) is 1.89. The molecule has 2 heteroatoms. The highest BCUT2D eigenvalue weighted by Crippen LogP contribution is 2.63. The molecule has 2 saturated carbocycles. The van der Waals surface area contributed by atoms with E-state index in [-0.39, 0.29) is 11.7 Å². The molecule has 4 rings (SSSR count). The van der Waals surface area contributed by atoms with Crippen LogP contribution in [0.2, 0.25) is 0 Å². The summed E-state index contributed by atoms with van der Waals surface area (Å²) in [5.74, 6) is 0.531. The second-order valence-electron chi connectivity index (χ2n) is 7.11. The topological polar surface area (TPSA) is 17.1 Å². The molecule has 2 fully saturated rings. The monoisotopic (exact) mass is 272 g/mol. The van der Waals surface area contributed by atoms with Gasteiger partial charge in [0.15, 0.2) is 0 Å². The molecule has 1 aromatic carbocycles. The number of fused-ring (bicyclic) bond motifs is 5. The second-order valence-corrected chi connectivity index (χ2v) is 7.11. The van der Waals surface area contributed by atoms with E-state index in [0.29, 0.717) is 18.8 Å². The Kier molecular flexibility index (Phi) is 2.47. The summed E-state index contributed by atoms with van der Waals surface area (Å²) < 4.78 is 15.8. The number of benzene rings is 1. The molecule has 0 amide bonds. The molecule has 0 bridgehead atoms. The van der Waals surface area contributed by atoms with E-state index in [1.165, 1.54) is 11.1 Å². The van der Waals surface area contributed by atoms with Crippen LogP contribution < -0.4 is 0 Å². The summed E-state index contributed by atoms with van der Waals surface area (Å²) in [6.07, 6.45) is 4.45. The molecule has 0 saturated heterocycles. The van der Waals surface area contributed by atoms with Gasteiger partial charge in [-0.2, -0.15) is 0 Å². The molecule has 0 spiro atoms. The summed E-state index contributed by atoms with van der Waals surface area (Å²) in [5.41, 5.74) is 0.772. The van der Waals surface area contributed by atoms with Gasteiger partial charge >= 0.3 is 0 Å². The molecule has 3 aliphatic carbocycles. The Hall–Kier alpha value is -1.18. The fraction of sp³-hybridized carbons (Fsp3) is 0.611. The van der Waals surface area contributed by atoms with Crippen molar-refractivity contribution in [2.24, 2.45) is 11.3 Å². The fourth-order valence-electron chi connectivity index (χ4n) is 5.22. The first kappa shape index (κ1) is 12.6. The zero-order valence-corrected chi connectivity index (χ0v) is 12.0. The molecule has 1 nitrogen and oxygen atoms in total. The average molecular weight is 272 g/mol. The molecule has 106 valence electrons. The third kappa shape index (κ3) is 1.35. The lowest BCUT2D eigenvalue weighted by Crippen LogP contribution is -2.53. The summed E-state index contributed by atoms with van der Waals surface area (Å²) in [5, 5.41) is 0. The van der Waals surface area contributed by atoms with Gasteiger partial charge in [0.25, 0.3) is 0 Å². The van der Waals surface area contributed by atoms with Crippen LogP contribution in [0.25, 0.3) is 0 Å². The third-order valence-electron chi connectivity index (χ3n) is 6.46. The SMILES string of the molecule is C[C@]12CC[C@@H]3c4ccccc4CC[C@H]3[C@@]1(F)CCC2=O. The van der Waals surface area contributed by atoms with E-state index in [1.54, 1.807) is 0 Å². The van der Waals surface area contributed by atoms with E-state index in [1.807, 2.05) is 6.92 Å². The predicted octanol–water partition coefficient (Wildman–Crippen LogP) is 4.20. The average Bonchev–Trinajstić information content (AvgIpc) is 2.71. The van der Waals surface area contributed by atoms with Crippen molar-refractivity contribution in [1.82, 2.24) is 0 Å². The normalized spacial score (nSPS) is 42.8. The molecular formula is C18H21FO. The number of halogens is 1. The Bertz CT molecular complexity index is 581. The van der Waals surface area contributed by atoms with Crippen LogP contribution >= 0.6 is 0 Å². The van der Waals surface area contributed by atoms with Gasteiger partial charge in [0.05, 0.1) is 5.41 Å². The van der Waals surface area contributed by atoms with Crippen LogP contribution in [0, 0.1) is 11.3 Å². The second kappa shape index (κ2) is 3.93. The Morgan fingerprint density at radius 1 is 1.15 bits per heavy atom. The summed E-state index contributed by atoms with van der Waals surface area (Å²) >= 11 is 0. The van der Waals surface area contributed by atoms with E-state index < -0.39 is 11.1 Å². The Balaban J connectivity index is 1.80. The molecule has 0 radical (unpaired) electrons. The van der Waals surface area contributed by atoms with Crippen molar-refractivity contribution in [2.75, 3.05) is 0 Å². The number of hydrogen-bond donors (Lipinski definition) is 0. The summed E-state index contributed by atoms with van der Waals surface area (Å²) in [6, 6.07) is 8.51. The maximum absolute atomic E-state index is 15.8. The van der Waals surface area contributed by atoms with Crippen LogP contribution in [0.15, 0.2) is 24.3 Å². The fourth-order valence-corrected chi connectivity index (χ4v) is 5.22. The molecule has 0 N–H and O–H groups in total. The highest BCUT2D eigenvalue weighted by atomic mass is 19.1. The lowest BCUT2D eigenvalue weighted by atomic mass is 9.54. The first-order valence-electron chi connectivity index (χ1n) is 7.86. The number of aryl methyl sites for hydroxylation is 1. The highest BCUT2D eigenvalue weighted by molar-refractivity contribution is 5.88. The Morgan fingerprint density at radius 3 is 2.80 bits per heavy atom. The van der Waals surface area contributed by atoms with Crippen LogP contribution in [0.4, 0.5) is 4.39 Å². The summed E-state index contributed by atoms with van der Waals surface area (Å²) in [7, 11) is 0. The number of carbonyl (C=O) groups excluding carboxylic acids is 1. The van der Waals surface area contributed by atoms with E-state index in [2.05, 4.69) is 24.3 Å². The van der Waals surface area contributed by atoms with Crippen molar-refractivity contribution < 1.29 is 9.18 Å². The molecule has 0 heterocycles. The van der Waals surface area contributed by atoms with Crippen LogP contribution in [-0.2, 0) is 11.2 Å². The number of alkyl halides is 1. The number of carbonyl (C=O) groups is 1. The molecular weight excluding hydrogens is 251 g/mol. The van der Waals surface area contributed by atoms with Gasteiger partial charge in [-0.1, -0.05) is 24.3 Å². The van der Waals surface area contributed by atoms with Crippen LogP contribution in [0.3, 0.4) is 0 Å². The zero-order valence-electron chi connectivity index (χ0n) is 12.0. The van der Waals surface area contributed by atoms with Crippen LogP contribution in [0.1, 0.15) is 56.1 Å². The molecule has 20 heavy (non-hydrogen) atoms. The number of ketones is 1. The first-order chi connectivity index (χ1) is 9.56. The lowest BCUT2D eigenvalue weighted by Gasteiger charge is -2.52. The van der Waals surface area contributed by atoms with E-state index in [4.69, 9.17) is 0 Å². The van der Waals surface area contributed by atoms with Crippen molar-refractivity contribution in [1.29, 1.82) is 0 Å². The van der Waals surface area contributed by atoms with Crippen LogP contribution in [-0.4, -0.2) is 11.5 Å². The van der Waals surface area contributed by atoms with Gasteiger partial charge in [-0.15, -0.1) is 0 Å². The molecule has 4 atom stereocenters. The molecule has 3 aliphatic rings. The van der Waals surface area contributed by atoms with Crippen molar-refractivity contribution >= 4 is 5.78 Å². The Labute approximate surface area is 119 Å². The lowest BCUT2D eigenvalue weighted by molar-refractivity contribution is -0.139. The predicted molar refractivity (Wildman–Crippen MR) is 76.4 cm³/mol. The maximum atomic E-state index is 15.8. The van der Waals surface area contributed by atoms with Gasteiger partial charge in [0.1, 0.15) is 11.5 Å². The standard InChI is InChI=1S/C18H21FO/c1-17-10-8-14-13-5-3-2-4-12(13)6-7-15(14)18(17,19)11-9-16(17)20/h2-5,14-15H,6-11H2,1H3/t14-,15-,17-,18+/m1/s1. The van der Waals surface area contributed by atoms with E-state index in [9.17, 15) is 4.79 Å². The minimum atomic E-state index is -1.26. The summed E-state index contributed by atoms with van der Waals surface area (Å²) in [4.78, 5) is 12.2. The molecule has 0 unspecified atom stereocenters. The number of hydrogen-bond acceptors (Lipinski definition) is 1. The number of rotatable bonds is 0. The van der Waals surface area contributed by atoms with Gasteiger partial charge in [-0.25, -0.2) is 4.39 Å². The van der Waals surface area contributed by atoms with Crippen molar-refractivity contribution in [3.05, 3.63) is 35.4 Å². The van der Waals surface area contributed by atoms with E-state index in [0.717, 1.165) is 25.7 Å². The van der Waals surface area contributed by atoms with Crippen molar-refractivity contribution in [2.45, 2.75) is 57.0 Å². The van der Waals surface area contributed by atoms with Crippen molar-refractivity contribution in [3.63, 3.8) is 0 Å². The van der Waals surface area contributed by atoms with E-state index >= 15 is 4.39 Å². The van der Waals surface area contributed by atoms with Gasteiger partial charge in [-0.05, 0) is 56.1 Å². The largest absolute Gasteiger partial charge is 0.299 e. The minimum Gasteiger partial charge on any atom is -0.299 e. The highest BCUT2D eigenvalue weighted by Gasteiger charge is 2.65. The molecule has 0 aromatic heterocycles. The minimum absolute atomic E-state index is 0.0441. The third-order valence-corrected chi connectivity index (χ3v) is 6.46. The Morgan fingerprint density at radius 2 is 1.95 bits per heavy atom. The number of Topliss-reactive ketones (excluding diaryl/α,β-unsaturated/α-hetero) is 1.